The molecule has 0 unspecified atom stereocenters. The molecule has 0 bridgehead atoms. The van der Waals surface area contributed by atoms with Crippen LogP contribution >= 0.6 is 0 Å². The van der Waals surface area contributed by atoms with Gasteiger partial charge in [0.25, 0.3) is 0 Å². The molecule has 2 aromatic heterocycles. The van der Waals surface area contributed by atoms with E-state index < -0.39 is 0 Å². The van der Waals surface area contributed by atoms with Crippen LogP contribution in [-0.2, 0) is 29.7 Å². The first-order valence-electron chi connectivity index (χ1n) is 9.09. The Morgan fingerprint density at radius 3 is 3.00 bits per heavy atom. The van der Waals surface area contributed by atoms with E-state index in [9.17, 15) is 0 Å². The Labute approximate surface area is 148 Å². The van der Waals surface area contributed by atoms with Crippen molar-refractivity contribution in [3.05, 3.63) is 48.3 Å². The molecule has 3 heterocycles. The molecule has 1 saturated carbocycles. The third kappa shape index (κ3) is 3.92. The number of rotatable bonds is 6. The van der Waals surface area contributed by atoms with Gasteiger partial charge in [-0.05, 0) is 30.9 Å². The van der Waals surface area contributed by atoms with Crippen LogP contribution in [0.3, 0.4) is 0 Å². The molecule has 2 fully saturated rings. The fourth-order valence-corrected chi connectivity index (χ4v) is 4.00. The van der Waals surface area contributed by atoms with E-state index in [0.717, 1.165) is 50.7 Å². The number of nitrogens with zero attached hydrogens (tertiary/aromatic N) is 4. The van der Waals surface area contributed by atoms with Crippen LogP contribution in [-0.4, -0.2) is 51.3 Å². The Bertz CT molecular complexity index is 675. The highest BCUT2D eigenvalue weighted by molar-refractivity contribution is 5.02. The lowest BCUT2D eigenvalue weighted by atomic mass is 10.1. The van der Waals surface area contributed by atoms with Gasteiger partial charge in [0.1, 0.15) is 5.82 Å². The molecule has 0 aromatic carbocycles. The summed E-state index contributed by atoms with van der Waals surface area (Å²) in [5.41, 5.74) is 0.991. The SMILES string of the molecule is Cn1ccnc1CN1CCO[C@@H]2C[C@@H](COCc3ccccn3)C[C@H]21. The quantitative estimate of drug-likeness (QED) is 0.804. The molecule has 0 spiro atoms. The molecule has 0 N–H and O–H groups in total. The molecule has 6 nitrogen and oxygen atoms in total. The molecule has 3 atom stereocenters. The van der Waals surface area contributed by atoms with Crippen molar-refractivity contribution in [1.29, 1.82) is 0 Å². The Kier molecular flexibility index (Phi) is 5.10. The Morgan fingerprint density at radius 1 is 1.24 bits per heavy atom. The van der Waals surface area contributed by atoms with E-state index in [2.05, 4.69) is 26.5 Å². The monoisotopic (exact) mass is 342 g/mol. The van der Waals surface area contributed by atoms with Crippen molar-refractivity contribution in [2.75, 3.05) is 19.8 Å². The summed E-state index contributed by atoms with van der Waals surface area (Å²) >= 11 is 0. The smallest absolute Gasteiger partial charge is 0.122 e. The average Bonchev–Trinajstić information content (AvgIpc) is 3.23. The maximum atomic E-state index is 6.04. The van der Waals surface area contributed by atoms with Crippen molar-refractivity contribution < 1.29 is 9.47 Å². The fourth-order valence-electron chi connectivity index (χ4n) is 4.00. The first kappa shape index (κ1) is 16.7. The second kappa shape index (κ2) is 7.64. The van der Waals surface area contributed by atoms with Crippen molar-refractivity contribution in [3.63, 3.8) is 0 Å². The summed E-state index contributed by atoms with van der Waals surface area (Å²) in [6.07, 6.45) is 8.25. The molecule has 0 amide bonds. The molecule has 1 saturated heterocycles. The largest absolute Gasteiger partial charge is 0.375 e. The zero-order valence-electron chi connectivity index (χ0n) is 14.8. The van der Waals surface area contributed by atoms with Crippen LogP contribution in [0.1, 0.15) is 24.4 Å². The maximum absolute atomic E-state index is 6.04. The molecule has 6 heteroatoms. The van der Waals surface area contributed by atoms with Gasteiger partial charge in [-0.1, -0.05) is 6.07 Å². The molecular weight excluding hydrogens is 316 g/mol. The summed E-state index contributed by atoms with van der Waals surface area (Å²) < 4.78 is 14.1. The summed E-state index contributed by atoms with van der Waals surface area (Å²) in [6, 6.07) is 6.41. The van der Waals surface area contributed by atoms with Crippen molar-refractivity contribution >= 4 is 0 Å². The van der Waals surface area contributed by atoms with Gasteiger partial charge < -0.3 is 14.0 Å². The molecule has 0 radical (unpaired) electrons. The Morgan fingerprint density at radius 2 is 2.20 bits per heavy atom. The van der Waals surface area contributed by atoms with Gasteiger partial charge in [0.05, 0.1) is 38.2 Å². The molecule has 134 valence electrons. The third-order valence-electron chi connectivity index (χ3n) is 5.34. The van der Waals surface area contributed by atoms with Crippen LogP contribution in [0.25, 0.3) is 0 Å². The summed E-state index contributed by atoms with van der Waals surface area (Å²) in [7, 11) is 2.06. The molecular formula is C19H26N4O2. The van der Waals surface area contributed by atoms with E-state index in [1.54, 1.807) is 0 Å². The fraction of sp³-hybridized carbons (Fsp3) is 0.579. The van der Waals surface area contributed by atoms with E-state index in [4.69, 9.17) is 9.47 Å². The van der Waals surface area contributed by atoms with Gasteiger partial charge in [-0.25, -0.2) is 4.98 Å². The van der Waals surface area contributed by atoms with Crippen LogP contribution in [0.5, 0.6) is 0 Å². The van der Waals surface area contributed by atoms with Crippen LogP contribution in [0, 0.1) is 5.92 Å². The second-order valence-corrected chi connectivity index (χ2v) is 7.08. The number of morpholine rings is 1. The predicted molar refractivity (Wildman–Crippen MR) is 93.8 cm³/mol. The maximum Gasteiger partial charge on any atom is 0.122 e. The van der Waals surface area contributed by atoms with Gasteiger partial charge in [0, 0.05) is 38.2 Å². The van der Waals surface area contributed by atoms with E-state index in [0.29, 0.717) is 24.7 Å². The van der Waals surface area contributed by atoms with E-state index in [-0.39, 0.29) is 0 Å². The summed E-state index contributed by atoms with van der Waals surface area (Å²) in [4.78, 5) is 11.3. The van der Waals surface area contributed by atoms with Gasteiger partial charge in [-0.15, -0.1) is 0 Å². The number of ether oxygens (including phenoxy) is 2. The van der Waals surface area contributed by atoms with Crippen molar-refractivity contribution in [1.82, 2.24) is 19.4 Å². The number of pyridine rings is 1. The number of hydrogen-bond donors (Lipinski definition) is 0. The zero-order chi connectivity index (χ0) is 17.1. The number of hydrogen-bond acceptors (Lipinski definition) is 5. The van der Waals surface area contributed by atoms with Crippen LogP contribution < -0.4 is 0 Å². The normalized spacial score (nSPS) is 26.7. The number of aromatic nitrogens is 3. The number of imidazole rings is 1. The van der Waals surface area contributed by atoms with Crippen molar-refractivity contribution in [3.8, 4) is 0 Å². The van der Waals surface area contributed by atoms with Crippen LogP contribution in [0.15, 0.2) is 36.8 Å². The molecule has 1 aliphatic heterocycles. The van der Waals surface area contributed by atoms with Crippen molar-refractivity contribution in [2.24, 2.45) is 13.0 Å². The van der Waals surface area contributed by atoms with Gasteiger partial charge in [0.2, 0.25) is 0 Å². The van der Waals surface area contributed by atoms with E-state index in [1.165, 1.54) is 0 Å². The highest BCUT2D eigenvalue weighted by Crippen LogP contribution is 2.35. The van der Waals surface area contributed by atoms with Crippen LogP contribution in [0.2, 0.25) is 0 Å². The zero-order valence-corrected chi connectivity index (χ0v) is 14.8. The predicted octanol–water partition coefficient (Wildman–Crippen LogP) is 2.01. The molecule has 2 aliphatic rings. The lowest BCUT2D eigenvalue weighted by Gasteiger charge is -2.37. The van der Waals surface area contributed by atoms with Crippen molar-refractivity contribution in [2.45, 2.75) is 38.1 Å². The van der Waals surface area contributed by atoms with E-state index in [1.807, 2.05) is 36.8 Å². The number of fused-ring (bicyclic) bond motifs is 1. The lowest BCUT2D eigenvalue weighted by molar-refractivity contribution is -0.0601. The first-order chi connectivity index (χ1) is 12.3. The molecule has 1 aliphatic carbocycles. The van der Waals surface area contributed by atoms with E-state index >= 15 is 0 Å². The number of aryl methyl sites for hydroxylation is 1. The van der Waals surface area contributed by atoms with Gasteiger partial charge >= 0.3 is 0 Å². The standard InChI is InChI=1S/C19H26N4O2/c1-22-7-6-21-19(22)12-23-8-9-25-18-11-15(10-17(18)23)13-24-14-16-4-2-3-5-20-16/h2-7,15,17-18H,8-14H2,1H3/t15-,17+,18+/m0/s1. The minimum Gasteiger partial charge on any atom is -0.375 e. The molecule has 25 heavy (non-hydrogen) atoms. The molecule has 4 rings (SSSR count). The average molecular weight is 342 g/mol. The minimum atomic E-state index is 0.331. The highest BCUT2D eigenvalue weighted by atomic mass is 16.5. The van der Waals surface area contributed by atoms with Gasteiger partial charge in [0.15, 0.2) is 0 Å². The lowest BCUT2D eigenvalue weighted by Crippen LogP contribution is -2.48. The Balaban J connectivity index is 1.30. The summed E-state index contributed by atoms with van der Waals surface area (Å²) in [6.45, 7) is 4.06. The first-order valence-corrected chi connectivity index (χ1v) is 9.09. The third-order valence-corrected chi connectivity index (χ3v) is 5.34. The minimum absolute atomic E-state index is 0.331. The summed E-state index contributed by atoms with van der Waals surface area (Å²) in [5.74, 6) is 1.68. The Hall–Kier alpha value is -1.76. The highest BCUT2D eigenvalue weighted by Gasteiger charge is 2.41. The summed E-state index contributed by atoms with van der Waals surface area (Å²) in [5, 5.41) is 0. The molecule has 2 aromatic rings. The van der Waals surface area contributed by atoms with Crippen LogP contribution in [0.4, 0.5) is 0 Å². The van der Waals surface area contributed by atoms with Gasteiger partial charge in [-0.3, -0.25) is 9.88 Å². The second-order valence-electron chi connectivity index (χ2n) is 7.08. The van der Waals surface area contributed by atoms with Gasteiger partial charge in [-0.2, -0.15) is 0 Å². The topological polar surface area (TPSA) is 52.4 Å².